The van der Waals surface area contributed by atoms with E-state index in [4.69, 9.17) is 0 Å². The first-order valence-corrected chi connectivity index (χ1v) is 11.6. The van der Waals surface area contributed by atoms with Crippen LogP contribution in [0.5, 0.6) is 0 Å². The van der Waals surface area contributed by atoms with E-state index in [0.717, 1.165) is 10.9 Å². The number of hydrogen-bond acceptors (Lipinski definition) is 4. The number of carboxylic acid groups (broad SMARTS) is 1. The van der Waals surface area contributed by atoms with Gasteiger partial charge in [-0.3, -0.25) is 9.59 Å². The van der Waals surface area contributed by atoms with Gasteiger partial charge in [0.05, 0.1) is 4.90 Å². The largest absolute Gasteiger partial charge is 0.480 e. The van der Waals surface area contributed by atoms with Crippen molar-refractivity contribution in [2.45, 2.75) is 17.4 Å². The molecule has 0 saturated heterocycles. The van der Waals surface area contributed by atoms with Gasteiger partial charge < -0.3 is 15.4 Å². The van der Waals surface area contributed by atoms with E-state index in [1.165, 1.54) is 24.3 Å². The molecule has 4 aromatic rings. The van der Waals surface area contributed by atoms with Crippen molar-refractivity contribution in [1.29, 1.82) is 0 Å². The van der Waals surface area contributed by atoms with Gasteiger partial charge in [-0.25, -0.2) is 8.42 Å². The Bertz CT molecular complexity index is 1400. The Hall–Kier alpha value is -3.95. The number of rotatable bonds is 8. The molecule has 1 aromatic heterocycles. The Labute approximate surface area is 190 Å². The second-order valence-corrected chi connectivity index (χ2v) is 9.13. The lowest BCUT2D eigenvalue weighted by atomic mass is 10.1. The smallest absolute Gasteiger partial charge is 0.322 e. The van der Waals surface area contributed by atoms with Gasteiger partial charge in [0.25, 0.3) is 5.91 Å². The fourth-order valence-electron chi connectivity index (χ4n) is 3.47. The molecule has 0 fully saturated rings. The van der Waals surface area contributed by atoms with Gasteiger partial charge in [0.15, 0.2) is 0 Å². The molecule has 0 bridgehead atoms. The summed E-state index contributed by atoms with van der Waals surface area (Å²) in [5.74, 6) is -1.61. The summed E-state index contributed by atoms with van der Waals surface area (Å²) >= 11 is 0. The summed E-state index contributed by atoms with van der Waals surface area (Å²) in [6, 6.07) is 20.2. The van der Waals surface area contributed by atoms with Crippen molar-refractivity contribution in [3.05, 3.63) is 96.2 Å². The Balaban J connectivity index is 1.48. The van der Waals surface area contributed by atoms with Crippen LogP contribution in [0.3, 0.4) is 0 Å². The molecule has 0 aliphatic rings. The van der Waals surface area contributed by atoms with Gasteiger partial charge in [-0.05, 0) is 48.0 Å². The van der Waals surface area contributed by atoms with Gasteiger partial charge in [0.1, 0.15) is 6.04 Å². The van der Waals surface area contributed by atoms with Gasteiger partial charge in [0, 0.05) is 34.8 Å². The highest BCUT2D eigenvalue weighted by atomic mass is 32.2. The van der Waals surface area contributed by atoms with Crippen LogP contribution in [0.25, 0.3) is 10.9 Å². The van der Waals surface area contributed by atoms with Crippen molar-refractivity contribution in [2.75, 3.05) is 5.32 Å². The van der Waals surface area contributed by atoms with Gasteiger partial charge in [-0.1, -0.05) is 36.4 Å². The van der Waals surface area contributed by atoms with E-state index in [9.17, 15) is 23.1 Å². The van der Waals surface area contributed by atoms with Crippen LogP contribution in [0.1, 0.15) is 15.9 Å². The highest BCUT2D eigenvalue weighted by Crippen LogP contribution is 2.21. The standard InChI is InChI=1S/C24H21N3O5S/c28-23(16-6-2-1-3-7-16)26-18-10-12-19(13-11-18)33(31,32)27-22(24(29)30)14-17-15-25-21-9-5-4-8-20(17)21/h1-13,15,22,25,27H,14H2,(H,26,28)(H,29,30)/t22-/m0/s1. The number of anilines is 1. The predicted octanol–water partition coefficient (Wildman–Crippen LogP) is 3.39. The molecular formula is C24H21N3O5S. The molecule has 0 aliphatic heterocycles. The third-order valence-electron chi connectivity index (χ3n) is 5.15. The van der Waals surface area contributed by atoms with Gasteiger partial charge in [0.2, 0.25) is 10.0 Å². The molecule has 9 heteroatoms. The zero-order valence-electron chi connectivity index (χ0n) is 17.4. The lowest BCUT2D eigenvalue weighted by Gasteiger charge is -2.15. The number of H-pyrrole nitrogens is 1. The number of amides is 1. The van der Waals surface area contributed by atoms with Crippen LogP contribution in [0.2, 0.25) is 0 Å². The van der Waals surface area contributed by atoms with E-state index in [-0.39, 0.29) is 17.2 Å². The van der Waals surface area contributed by atoms with Gasteiger partial charge >= 0.3 is 5.97 Å². The van der Waals surface area contributed by atoms with Crippen LogP contribution in [0, 0.1) is 0 Å². The van der Waals surface area contributed by atoms with E-state index in [1.54, 1.807) is 36.5 Å². The Morgan fingerprint density at radius 1 is 0.909 bits per heavy atom. The summed E-state index contributed by atoms with van der Waals surface area (Å²) in [5, 5.41) is 13.1. The zero-order valence-corrected chi connectivity index (χ0v) is 18.2. The van der Waals surface area contributed by atoms with E-state index in [2.05, 4.69) is 15.0 Å². The summed E-state index contributed by atoms with van der Waals surface area (Å²) in [4.78, 5) is 27.0. The third kappa shape index (κ3) is 5.11. The SMILES string of the molecule is O=C(Nc1ccc(S(=O)(=O)N[C@@H](Cc2c[nH]c3ccccc23)C(=O)O)cc1)c1ccccc1. The molecule has 1 heterocycles. The van der Waals surface area contributed by atoms with Crippen molar-refractivity contribution in [1.82, 2.24) is 9.71 Å². The van der Waals surface area contributed by atoms with Gasteiger partial charge in [-0.15, -0.1) is 0 Å². The van der Waals surface area contributed by atoms with E-state index in [1.807, 2.05) is 24.3 Å². The first-order valence-electron chi connectivity index (χ1n) is 10.1. The first-order chi connectivity index (χ1) is 15.8. The molecule has 0 unspecified atom stereocenters. The molecule has 0 spiro atoms. The van der Waals surface area contributed by atoms with Crippen molar-refractivity contribution in [3.63, 3.8) is 0 Å². The highest BCUT2D eigenvalue weighted by Gasteiger charge is 2.26. The molecule has 0 aliphatic carbocycles. The van der Waals surface area contributed by atoms with Crippen LogP contribution in [0.15, 0.2) is 90.0 Å². The molecule has 1 amide bonds. The lowest BCUT2D eigenvalue weighted by molar-refractivity contribution is -0.138. The fraction of sp³-hybridized carbons (Fsp3) is 0.0833. The summed E-state index contributed by atoms with van der Waals surface area (Å²) in [6.45, 7) is 0. The minimum absolute atomic E-state index is 0.0240. The molecule has 4 N–H and O–H groups in total. The average molecular weight is 464 g/mol. The van der Waals surface area contributed by atoms with E-state index >= 15 is 0 Å². The number of fused-ring (bicyclic) bond motifs is 1. The van der Waals surface area contributed by atoms with Crippen LogP contribution in [0.4, 0.5) is 5.69 Å². The van der Waals surface area contributed by atoms with Crippen molar-refractivity contribution >= 4 is 38.5 Å². The molecule has 33 heavy (non-hydrogen) atoms. The quantitative estimate of drug-likeness (QED) is 0.318. The first kappa shape index (κ1) is 22.3. The van der Waals surface area contributed by atoms with E-state index < -0.39 is 22.0 Å². The number of hydrogen-bond donors (Lipinski definition) is 4. The maximum absolute atomic E-state index is 12.8. The molecule has 3 aromatic carbocycles. The van der Waals surface area contributed by atoms with Crippen molar-refractivity contribution in [3.8, 4) is 0 Å². The predicted molar refractivity (Wildman–Crippen MR) is 125 cm³/mol. The Kier molecular flexibility index (Phi) is 6.25. The molecule has 0 saturated carbocycles. The summed E-state index contributed by atoms with van der Waals surface area (Å²) < 4.78 is 27.9. The summed E-state index contributed by atoms with van der Waals surface area (Å²) in [7, 11) is -4.11. The number of aromatic nitrogens is 1. The Morgan fingerprint density at radius 2 is 1.58 bits per heavy atom. The topological polar surface area (TPSA) is 128 Å². The summed E-state index contributed by atoms with van der Waals surface area (Å²) in [5.41, 5.74) is 2.42. The number of aromatic amines is 1. The van der Waals surface area contributed by atoms with Crippen molar-refractivity contribution in [2.24, 2.45) is 0 Å². The normalized spacial score (nSPS) is 12.4. The monoisotopic (exact) mass is 463 g/mol. The maximum Gasteiger partial charge on any atom is 0.322 e. The minimum Gasteiger partial charge on any atom is -0.480 e. The van der Waals surface area contributed by atoms with Gasteiger partial charge in [-0.2, -0.15) is 4.72 Å². The number of para-hydroxylation sites is 1. The minimum atomic E-state index is -4.11. The maximum atomic E-state index is 12.8. The molecular weight excluding hydrogens is 442 g/mol. The third-order valence-corrected chi connectivity index (χ3v) is 6.64. The van der Waals surface area contributed by atoms with Crippen LogP contribution in [-0.2, 0) is 21.2 Å². The fourth-order valence-corrected chi connectivity index (χ4v) is 4.65. The molecule has 0 radical (unpaired) electrons. The second-order valence-electron chi connectivity index (χ2n) is 7.42. The number of benzene rings is 3. The highest BCUT2D eigenvalue weighted by molar-refractivity contribution is 7.89. The number of sulfonamides is 1. The average Bonchev–Trinajstić information content (AvgIpc) is 3.22. The molecule has 4 rings (SSSR count). The van der Waals surface area contributed by atoms with E-state index in [0.29, 0.717) is 16.8 Å². The number of aliphatic carboxylic acids is 1. The van der Waals surface area contributed by atoms with Crippen LogP contribution in [-0.4, -0.2) is 36.4 Å². The molecule has 1 atom stereocenters. The number of carbonyl (C=O) groups excluding carboxylic acids is 1. The molecule has 8 nitrogen and oxygen atoms in total. The Morgan fingerprint density at radius 3 is 2.27 bits per heavy atom. The number of nitrogens with one attached hydrogen (secondary N) is 3. The van der Waals surface area contributed by atoms with Crippen LogP contribution < -0.4 is 10.0 Å². The zero-order chi connectivity index (χ0) is 23.4. The summed E-state index contributed by atoms with van der Waals surface area (Å²) in [6.07, 6.45) is 1.66. The number of carboxylic acids is 1. The lowest BCUT2D eigenvalue weighted by Crippen LogP contribution is -2.42. The molecule has 168 valence electrons. The number of carbonyl (C=O) groups is 2. The van der Waals surface area contributed by atoms with Crippen LogP contribution >= 0.6 is 0 Å². The van der Waals surface area contributed by atoms with Crippen molar-refractivity contribution < 1.29 is 23.1 Å². The second kappa shape index (κ2) is 9.27.